The van der Waals surface area contributed by atoms with Crippen molar-refractivity contribution in [2.45, 2.75) is 84.4 Å². The summed E-state index contributed by atoms with van der Waals surface area (Å²) in [5.41, 5.74) is 1.93. The lowest BCUT2D eigenvalue weighted by molar-refractivity contribution is -0.117. The van der Waals surface area contributed by atoms with Crippen LogP contribution in [0.4, 0.5) is 0 Å². The van der Waals surface area contributed by atoms with Crippen LogP contribution in [0.15, 0.2) is 0 Å². The van der Waals surface area contributed by atoms with E-state index in [0.29, 0.717) is 23.0 Å². The summed E-state index contributed by atoms with van der Waals surface area (Å²) in [4.78, 5) is 10.9. The molecular formula is C15H32O2Si. The Labute approximate surface area is 115 Å². The van der Waals surface area contributed by atoms with Gasteiger partial charge >= 0.3 is 0 Å². The summed E-state index contributed by atoms with van der Waals surface area (Å²) in [5, 5.41) is 0. The van der Waals surface area contributed by atoms with Gasteiger partial charge in [0.2, 0.25) is 0 Å². The van der Waals surface area contributed by atoms with Crippen LogP contribution in [-0.4, -0.2) is 20.7 Å². The predicted octanol–water partition coefficient (Wildman–Crippen LogP) is 4.94. The van der Waals surface area contributed by atoms with Crippen LogP contribution in [0.25, 0.3) is 0 Å². The first-order valence-corrected chi connectivity index (χ1v) is 9.52. The van der Waals surface area contributed by atoms with Gasteiger partial charge in [-0.1, -0.05) is 41.5 Å². The van der Waals surface area contributed by atoms with Gasteiger partial charge in [0, 0.05) is 13.0 Å². The smallest absolute Gasteiger partial charge is 0.200 e. The lowest BCUT2D eigenvalue weighted by Crippen LogP contribution is -2.47. The second kappa shape index (κ2) is 8.11. The van der Waals surface area contributed by atoms with E-state index in [9.17, 15) is 4.79 Å². The SMILES string of the molecule is CC(=O)CCCCO[Si](C(C)C)(C(C)C)C(C)C. The largest absolute Gasteiger partial charge is 0.416 e. The first-order valence-electron chi connectivity index (χ1n) is 7.38. The first-order chi connectivity index (χ1) is 8.25. The number of hydrogen-bond donors (Lipinski definition) is 0. The highest BCUT2D eigenvalue weighted by molar-refractivity contribution is 6.77. The second-order valence-corrected chi connectivity index (χ2v) is 11.8. The van der Waals surface area contributed by atoms with Crippen molar-refractivity contribution in [3.05, 3.63) is 0 Å². The summed E-state index contributed by atoms with van der Waals surface area (Å²) in [5.74, 6) is 0.287. The van der Waals surface area contributed by atoms with Crippen LogP contribution in [0.1, 0.15) is 67.7 Å². The van der Waals surface area contributed by atoms with E-state index in [2.05, 4.69) is 41.5 Å². The minimum Gasteiger partial charge on any atom is -0.416 e. The highest BCUT2D eigenvalue weighted by Crippen LogP contribution is 2.42. The first kappa shape index (κ1) is 17.8. The van der Waals surface area contributed by atoms with Gasteiger partial charge in [-0.25, -0.2) is 0 Å². The lowest BCUT2D eigenvalue weighted by Gasteiger charge is -2.42. The van der Waals surface area contributed by atoms with E-state index < -0.39 is 8.32 Å². The fourth-order valence-electron chi connectivity index (χ4n) is 3.22. The maximum absolute atomic E-state index is 10.9. The molecule has 0 aliphatic carbocycles. The summed E-state index contributed by atoms with van der Waals surface area (Å²) in [7, 11) is -1.69. The summed E-state index contributed by atoms with van der Waals surface area (Å²) < 4.78 is 6.42. The molecule has 3 heteroatoms. The van der Waals surface area contributed by atoms with Crippen molar-refractivity contribution in [3.8, 4) is 0 Å². The Balaban J connectivity index is 4.39. The molecule has 0 aromatic carbocycles. The molecule has 0 atom stereocenters. The van der Waals surface area contributed by atoms with Gasteiger partial charge in [0.1, 0.15) is 5.78 Å². The van der Waals surface area contributed by atoms with Gasteiger partial charge in [-0.05, 0) is 36.4 Å². The van der Waals surface area contributed by atoms with E-state index in [1.165, 1.54) is 0 Å². The third-order valence-electron chi connectivity index (χ3n) is 3.98. The minimum atomic E-state index is -1.69. The van der Waals surface area contributed by atoms with E-state index in [4.69, 9.17) is 4.43 Å². The highest BCUT2D eigenvalue weighted by atomic mass is 28.4. The molecule has 0 N–H and O–H groups in total. The van der Waals surface area contributed by atoms with Gasteiger partial charge in [-0.2, -0.15) is 0 Å². The molecule has 0 spiro atoms. The molecule has 0 saturated carbocycles. The molecule has 0 aromatic rings. The zero-order valence-corrected chi connectivity index (χ0v) is 14.4. The van der Waals surface area contributed by atoms with Gasteiger partial charge in [0.25, 0.3) is 0 Å². The molecule has 0 aromatic heterocycles. The molecule has 0 radical (unpaired) electrons. The lowest BCUT2D eigenvalue weighted by atomic mass is 10.2. The summed E-state index contributed by atoms with van der Waals surface area (Å²) in [6, 6.07) is 0. The topological polar surface area (TPSA) is 26.3 Å². The average molecular weight is 273 g/mol. The Hall–Kier alpha value is -0.153. The average Bonchev–Trinajstić information content (AvgIpc) is 2.20. The van der Waals surface area contributed by atoms with E-state index in [-0.39, 0.29) is 5.78 Å². The number of unbranched alkanes of at least 4 members (excludes halogenated alkanes) is 1. The van der Waals surface area contributed by atoms with Crippen molar-refractivity contribution in [2.24, 2.45) is 0 Å². The Bertz CT molecular complexity index is 225. The van der Waals surface area contributed by atoms with Gasteiger partial charge in [0.15, 0.2) is 8.32 Å². The van der Waals surface area contributed by atoms with Gasteiger partial charge in [-0.3, -0.25) is 0 Å². The number of Topliss-reactive ketones (excluding diaryl/α,β-unsaturated/α-hetero) is 1. The Morgan fingerprint density at radius 3 is 1.72 bits per heavy atom. The van der Waals surface area contributed by atoms with Crippen LogP contribution in [0.2, 0.25) is 16.6 Å². The Kier molecular flexibility index (Phi) is 8.04. The Morgan fingerprint density at radius 1 is 0.944 bits per heavy atom. The van der Waals surface area contributed by atoms with Crippen molar-refractivity contribution in [2.75, 3.05) is 6.61 Å². The molecule has 0 unspecified atom stereocenters. The molecule has 0 heterocycles. The van der Waals surface area contributed by atoms with E-state index in [0.717, 1.165) is 19.4 Å². The summed E-state index contributed by atoms with van der Waals surface area (Å²) in [6.07, 6.45) is 2.68. The van der Waals surface area contributed by atoms with Gasteiger partial charge in [-0.15, -0.1) is 0 Å². The summed E-state index contributed by atoms with van der Waals surface area (Å²) in [6.45, 7) is 16.3. The normalized spacial score (nSPS) is 12.8. The maximum Gasteiger partial charge on any atom is 0.200 e. The molecule has 2 nitrogen and oxygen atoms in total. The molecule has 0 rings (SSSR count). The van der Waals surface area contributed by atoms with Crippen LogP contribution in [0.5, 0.6) is 0 Å². The molecule has 0 saturated heterocycles. The van der Waals surface area contributed by atoms with Crippen molar-refractivity contribution < 1.29 is 9.22 Å². The molecule has 0 fully saturated rings. The van der Waals surface area contributed by atoms with Crippen LogP contribution >= 0.6 is 0 Å². The van der Waals surface area contributed by atoms with E-state index in [1.807, 2.05) is 0 Å². The minimum absolute atomic E-state index is 0.287. The number of carbonyl (C=O) groups excluding carboxylic acids is 1. The van der Waals surface area contributed by atoms with Crippen molar-refractivity contribution >= 4 is 14.1 Å². The fourth-order valence-corrected chi connectivity index (χ4v) is 8.72. The maximum atomic E-state index is 10.9. The number of ketones is 1. The van der Waals surface area contributed by atoms with Gasteiger partial charge in [0.05, 0.1) is 0 Å². The van der Waals surface area contributed by atoms with Crippen LogP contribution < -0.4 is 0 Å². The molecule has 108 valence electrons. The quantitative estimate of drug-likeness (QED) is 0.439. The molecule has 0 aliphatic heterocycles. The van der Waals surface area contributed by atoms with Crippen molar-refractivity contribution in [1.29, 1.82) is 0 Å². The van der Waals surface area contributed by atoms with Crippen molar-refractivity contribution in [3.63, 3.8) is 0 Å². The number of rotatable bonds is 9. The van der Waals surface area contributed by atoms with Crippen LogP contribution in [0.3, 0.4) is 0 Å². The molecule has 18 heavy (non-hydrogen) atoms. The number of carbonyl (C=O) groups is 1. The van der Waals surface area contributed by atoms with E-state index >= 15 is 0 Å². The fraction of sp³-hybridized carbons (Fsp3) is 0.933. The van der Waals surface area contributed by atoms with E-state index in [1.54, 1.807) is 6.92 Å². The molecular weight excluding hydrogens is 240 g/mol. The monoisotopic (exact) mass is 272 g/mol. The van der Waals surface area contributed by atoms with Crippen molar-refractivity contribution in [1.82, 2.24) is 0 Å². The van der Waals surface area contributed by atoms with Crippen LogP contribution in [0, 0.1) is 0 Å². The zero-order chi connectivity index (χ0) is 14.3. The molecule has 0 amide bonds. The Morgan fingerprint density at radius 2 is 1.39 bits per heavy atom. The third kappa shape index (κ3) is 4.85. The standard InChI is InChI=1S/C15H32O2Si/c1-12(2)18(13(3)4,14(5)6)17-11-9-8-10-15(7)16/h12-14H,8-11H2,1-7H3. The number of hydrogen-bond acceptors (Lipinski definition) is 2. The predicted molar refractivity (Wildman–Crippen MR) is 81.5 cm³/mol. The third-order valence-corrected chi connectivity index (χ3v) is 10.1. The summed E-state index contributed by atoms with van der Waals surface area (Å²) >= 11 is 0. The highest BCUT2D eigenvalue weighted by Gasteiger charge is 2.44. The van der Waals surface area contributed by atoms with Gasteiger partial charge < -0.3 is 9.22 Å². The second-order valence-electron chi connectivity index (χ2n) is 6.33. The molecule has 0 bridgehead atoms. The zero-order valence-electron chi connectivity index (χ0n) is 13.4. The molecule has 0 aliphatic rings. The van der Waals surface area contributed by atoms with Crippen LogP contribution in [-0.2, 0) is 9.22 Å².